The molecule has 1 rings (SSSR count). The van der Waals surface area contributed by atoms with Crippen LogP contribution >= 0.6 is 0 Å². The Hall–Kier alpha value is -0.890. The van der Waals surface area contributed by atoms with Crippen LogP contribution in [0.1, 0.15) is 32.0 Å². The first-order valence-corrected chi connectivity index (χ1v) is 5.00. The van der Waals surface area contributed by atoms with Gasteiger partial charge in [0.05, 0.1) is 12.7 Å². The second kappa shape index (κ2) is 5.76. The molecule has 1 nitrogen and oxygen atoms in total. The zero-order chi connectivity index (χ0) is 10.4. The Morgan fingerprint density at radius 1 is 1.21 bits per heavy atom. The van der Waals surface area contributed by atoms with Crippen LogP contribution < -0.4 is 0 Å². The Kier molecular flexibility index (Phi) is 4.60. The number of hydrogen-bond acceptors (Lipinski definition) is 1. The summed E-state index contributed by atoms with van der Waals surface area (Å²) in [6, 6.07) is 9.21. The maximum Gasteiger partial charge on any atom is 0.127 e. The first-order valence-electron chi connectivity index (χ1n) is 5.00. The molecule has 0 aliphatic heterocycles. The number of benzene rings is 1. The highest BCUT2D eigenvalue weighted by atomic mass is 19.1. The first-order chi connectivity index (χ1) is 6.70. The maximum atomic E-state index is 13.5. The van der Waals surface area contributed by atoms with Gasteiger partial charge in [-0.15, -0.1) is 0 Å². The van der Waals surface area contributed by atoms with Crippen LogP contribution in [0, 0.1) is 0 Å². The van der Waals surface area contributed by atoms with Crippen molar-refractivity contribution in [1.82, 2.24) is 0 Å². The van der Waals surface area contributed by atoms with Gasteiger partial charge in [0.2, 0.25) is 0 Å². The van der Waals surface area contributed by atoms with E-state index < -0.39 is 6.17 Å². The molecule has 0 aromatic heterocycles. The topological polar surface area (TPSA) is 9.23 Å². The Bertz CT molecular complexity index is 246. The van der Waals surface area contributed by atoms with E-state index in [4.69, 9.17) is 4.74 Å². The van der Waals surface area contributed by atoms with Crippen molar-refractivity contribution in [3.63, 3.8) is 0 Å². The quantitative estimate of drug-likeness (QED) is 0.700. The van der Waals surface area contributed by atoms with Crippen LogP contribution in [0.15, 0.2) is 30.3 Å². The molecule has 0 heterocycles. The van der Waals surface area contributed by atoms with Crippen molar-refractivity contribution in [2.24, 2.45) is 0 Å². The van der Waals surface area contributed by atoms with Gasteiger partial charge in [-0.1, -0.05) is 30.3 Å². The van der Waals surface area contributed by atoms with Crippen molar-refractivity contribution in [3.05, 3.63) is 35.9 Å². The number of ether oxygens (including phenoxy) is 1. The minimum Gasteiger partial charge on any atom is -0.379 e. The van der Waals surface area contributed by atoms with E-state index in [-0.39, 0.29) is 6.10 Å². The van der Waals surface area contributed by atoms with Gasteiger partial charge in [-0.2, -0.15) is 0 Å². The highest BCUT2D eigenvalue weighted by molar-refractivity contribution is 5.17. The number of alkyl halides is 1. The van der Waals surface area contributed by atoms with Crippen molar-refractivity contribution in [3.8, 4) is 0 Å². The first kappa shape index (κ1) is 11.2. The van der Waals surface area contributed by atoms with Crippen LogP contribution in [-0.4, -0.2) is 12.7 Å². The molecule has 0 N–H and O–H groups in total. The molecule has 1 aromatic rings. The molecule has 78 valence electrons. The Balaban J connectivity index is 2.32. The summed E-state index contributed by atoms with van der Waals surface area (Å²) in [5.74, 6) is 0. The van der Waals surface area contributed by atoms with E-state index in [0.29, 0.717) is 13.0 Å². The van der Waals surface area contributed by atoms with Crippen molar-refractivity contribution in [2.45, 2.75) is 32.5 Å². The van der Waals surface area contributed by atoms with E-state index in [9.17, 15) is 4.39 Å². The Labute approximate surface area is 84.9 Å². The van der Waals surface area contributed by atoms with Crippen LogP contribution in [-0.2, 0) is 4.74 Å². The molecule has 1 unspecified atom stereocenters. The lowest BCUT2D eigenvalue weighted by molar-refractivity contribution is 0.0635. The molecule has 0 radical (unpaired) electrons. The highest BCUT2D eigenvalue weighted by Crippen LogP contribution is 2.20. The van der Waals surface area contributed by atoms with Gasteiger partial charge in [0.15, 0.2) is 0 Å². The van der Waals surface area contributed by atoms with E-state index in [0.717, 1.165) is 5.56 Å². The molecule has 0 aliphatic rings. The average Bonchev–Trinajstić information content (AvgIpc) is 2.18. The van der Waals surface area contributed by atoms with E-state index in [1.54, 1.807) is 12.1 Å². The third-order valence-corrected chi connectivity index (χ3v) is 1.98. The van der Waals surface area contributed by atoms with Crippen LogP contribution in [0.25, 0.3) is 0 Å². The van der Waals surface area contributed by atoms with Crippen molar-refractivity contribution in [2.75, 3.05) is 6.61 Å². The normalized spacial score (nSPS) is 13.1. The Morgan fingerprint density at radius 2 is 1.86 bits per heavy atom. The van der Waals surface area contributed by atoms with Crippen LogP contribution in [0.2, 0.25) is 0 Å². The van der Waals surface area contributed by atoms with Gasteiger partial charge in [0.1, 0.15) is 6.17 Å². The fourth-order valence-electron chi connectivity index (χ4n) is 1.24. The lowest BCUT2D eigenvalue weighted by Gasteiger charge is -2.10. The summed E-state index contributed by atoms with van der Waals surface area (Å²) in [6.45, 7) is 4.39. The molecule has 2 heteroatoms. The van der Waals surface area contributed by atoms with Crippen LogP contribution in [0.5, 0.6) is 0 Å². The standard InChI is InChI=1S/C12H17FO/c1-10(2)14-9-8-12(13)11-6-4-3-5-7-11/h3-7,10,12H,8-9H2,1-2H3. The fraction of sp³-hybridized carbons (Fsp3) is 0.500. The molecule has 0 fully saturated rings. The number of hydrogen-bond donors (Lipinski definition) is 0. The van der Waals surface area contributed by atoms with Gasteiger partial charge in [-0.3, -0.25) is 0 Å². The monoisotopic (exact) mass is 196 g/mol. The summed E-state index contributed by atoms with van der Waals surface area (Å²) in [4.78, 5) is 0. The predicted molar refractivity (Wildman–Crippen MR) is 56.0 cm³/mol. The molecular weight excluding hydrogens is 179 g/mol. The third-order valence-electron chi connectivity index (χ3n) is 1.98. The molecule has 0 amide bonds. The molecule has 1 aromatic carbocycles. The number of rotatable bonds is 5. The molecule has 0 saturated heterocycles. The van der Waals surface area contributed by atoms with E-state index in [1.807, 2.05) is 32.0 Å². The van der Waals surface area contributed by atoms with Gasteiger partial charge in [0, 0.05) is 6.42 Å². The van der Waals surface area contributed by atoms with E-state index in [2.05, 4.69) is 0 Å². The highest BCUT2D eigenvalue weighted by Gasteiger charge is 2.08. The van der Waals surface area contributed by atoms with Gasteiger partial charge in [0.25, 0.3) is 0 Å². The molecule has 14 heavy (non-hydrogen) atoms. The molecule has 0 bridgehead atoms. The zero-order valence-corrected chi connectivity index (χ0v) is 8.74. The second-order valence-corrected chi connectivity index (χ2v) is 3.59. The van der Waals surface area contributed by atoms with Crippen LogP contribution in [0.3, 0.4) is 0 Å². The summed E-state index contributed by atoms with van der Waals surface area (Å²) in [7, 11) is 0. The van der Waals surface area contributed by atoms with Gasteiger partial charge < -0.3 is 4.74 Å². The summed E-state index contributed by atoms with van der Waals surface area (Å²) in [5.41, 5.74) is 0.736. The van der Waals surface area contributed by atoms with Crippen LogP contribution in [0.4, 0.5) is 4.39 Å². The lowest BCUT2D eigenvalue weighted by atomic mass is 10.1. The van der Waals surface area contributed by atoms with E-state index in [1.165, 1.54) is 0 Å². The van der Waals surface area contributed by atoms with Gasteiger partial charge >= 0.3 is 0 Å². The molecular formula is C12H17FO. The van der Waals surface area contributed by atoms with Gasteiger partial charge in [-0.05, 0) is 19.4 Å². The molecule has 0 spiro atoms. The predicted octanol–water partition coefficient (Wildman–Crippen LogP) is 3.51. The minimum absolute atomic E-state index is 0.179. The largest absolute Gasteiger partial charge is 0.379 e. The molecule has 0 aliphatic carbocycles. The van der Waals surface area contributed by atoms with E-state index >= 15 is 0 Å². The average molecular weight is 196 g/mol. The summed E-state index contributed by atoms with van der Waals surface area (Å²) in [6.07, 6.45) is -0.296. The smallest absolute Gasteiger partial charge is 0.127 e. The second-order valence-electron chi connectivity index (χ2n) is 3.59. The zero-order valence-electron chi connectivity index (χ0n) is 8.74. The number of halogens is 1. The summed E-state index contributed by atoms with van der Waals surface area (Å²) in [5, 5.41) is 0. The van der Waals surface area contributed by atoms with Crippen molar-refractivity contribution in [1.29, 1.82) is 0 Å². The van der Waals surface area contributed by atoms with Gasteiger partial charge in [-0.25, -0.2) is 4.39 Å². The fourth-order valence-corrected chi connectivity index (χ4v) is 1.24. The van der Waals surface area contributed by atoms with Crippen molar-refractivity contribution < 1.29 is 9.13 Å². The van der Waals surface area contributed by atoms with Crippen molar-refractivity contribution >= 4 is 0 Å². The summed E-state index contributed by atoms with van der Waals surface area (Å²) < 4.78 is 18.8. The summed E-state index contributed by atoms with van der Waals surface area (Å²) >= 11 is 0. The SMILES string of the molecule is CC(C)OCCC(F)c1ccccc1. The molecule has 1 atom stereocenters. The minimum atomic E-state index is -0.907. The Morgan fingerprint density at radius 3 is 2.43 bits per heavy atom. The lowest BCUT2D eigenvalue weighted by Crippen LogP contribution is -2.06. The third kappa shape index (κ3) is 3.88. The molecule has 0 saturated carbocycles. The maximum absolute atomic E-state index is 13.5.